The van der Waals surface area contributed by atoms with Gasteiger partial charge in [0.1, 0.15) is 5.82 Å². The van der Waals surface area contributed by atoms with Crippen molar-refractivity contribution in [1.82, 2.24) is 9.55 Å². The molecule has 0 unspecified atom stereocenters. The van der Waals surface area contributed by atoms with E-state index < -0.39 is 42.4 Å². The molecule has 11 heteroatoms. The molecule has 1 heterocycles. The second-order valence-corrected chi connectivity index (χ2v) is 7.56. The smallest absolute Gasteiger partial charge is 0.550 e. The molecule has 1 aromatic heterocycles. The van der Waals surface area contributed by atoms with E-state index in [-0.39, 0.29) is 65.9 Å². The summed E-state index contributed by atoms with van der Waals surface area (Å²) in [5, 5.41) is 30.4. The van der Waals surface area contributed by atoms with E-state index in [1.54, 1.807) is 30.3 Å². The molecule has 3 rings (SSSR count). The van der Waals surface area contributed by atoms with Crippen molar-refractivity contribution < 1.29 is 67.2 Å². The Morgan fingerprint density at radius 1 is 1.00 bits per heavy atom. The minimum Gasteiger partial charge on any atom is -0.550 e. The van der Waals surface area contributed by atoms with Crippen LogP contribution in [-0.4, -0.2) is 37.9 Å². The maximum Gasteiger partial charge on any atom is 1.00 e. The number of imidazole rings is 1. The SMILES string of the molecule is O=C([O-])C[C@H](O)C[C@H](O)CCn1c(C(F)(F)F)nc(-c2ccc(F)cc2)c1-c1ccccc1.[Na+]. The predicted octanol–water partition coefficient (Wildman–Crippen LogP) is 0.0210. The molecule has 3 aromatic rings. The van der Waals surface area contributed by atoms with Crippen molar-refractivity contribution in [2.24, 2.45) is 0 Å². The predicted molar refractivity (Wildman–Crippen MR) is 109 cm³/mol. The van der Waals surface area contributed by atoms with Gasteiger partial charge in [0.25, 0.3) is 0 Å². The molecule has 2 aromatic carbocycles. The van der Waals surface area contributed by atoms with Crippen LogP contribution in [0.2, 0.25) is 0 Å². The third-order valence-corrected chi connectivity index (χ3v) is 5.02. The van der Waals surface area contributed by atoms with Gasteiger partial charge in [-0.3, -0.25) is 0 Å². The Hall–Kier alpha value is -2.24. The fourth-order valence-corrected chi connectivity index (χ4v) is 3.57. The zero-order chi connectivity index (χ0) is 24.2. The Morgan fingerprint density at radius 3 is 2.18 bits per heavy atom. The van der Waals surface area contributed by atoms with E-state index >= 15 is 0 Å². The quantitative estimate of drug-likeness (QED) is 0.327. The molecule has 2 atom stereocenters. The third kappa shape index (κ3) is 7.13. The number of carboxylic acids is 1. The van der Waals surface area contributed by atoms with E-state index in [1.807, 2.05) is 0 Å². The molecule has 0 saturated heterocycles. The van der Waals surface area contributed by atoms with Crippen LogP contribution < -0.4 is 34.7 Å². The Morgan fingerprint density at radius 2 is 1.62 bits per heavy atom. The minimum absolute atomic E-state index is 0. The number of halogens is 4. The number of aromatic nitrogens is 2. The number of rotatable bonds is 9. The van der Waals surface area contributed by atoms with Crippen LogP contribution in [0.25, 0.3) is 22.5 Å². The number of aliphatic hydroxyl groups excluding tert-OH is 2. The first-order valence-corrected chi connectivity index (χ1v) is 10.1. The van der Waals surface area contributed by atoms with Crippen LogP contribution in [0.3, 0.4) is 0 Å². The van der Waals surface area contributed by atoms with Crippen molar-refractivity contribution >= 4 is 5.97 Å². The van der Waals surface area contributed by atoms with E-state index in [0.29, 0.717) is 5.56 Å². The Bertz CT molecular complexity index is 1090. The number of hydrogen-bond donors (Lipinski definition) is 2. The number of aliphatic carboxylic acids is 1. The van der Waals surface area contributed by atoms with Gasteiger partial charge in [-0.1, -0.05) is 30.3 Å². The van der Waals surface area contributed by atoms with Crippen LogP contribution in [-0.2, 0) is 17.5 Å². The zero-order valence-corrected chi connectivity index (χ0v) is 20.3. The molecule has 6 nitrogen and oxygen atoms in total. The maximum atomic E-state index is 13.9. The number of hydrogen-bond acceptors (Lipinski definition) is 5. The number of carboxylic acid groups (broad SMARTS) is 1. The molecular formula is C23H21F4N2NaO4. The van der Waals surface area contributed by atoms with Gasteiger partial charge in [-0.15, -0.1) is 0 Å². The van der Waals surface area contributed by atoms with Crippen LogP contribution >= 0.6 is 0 Å². The zero-order valence-electron chi connectivity index (χ0n) is 18.3. The summed E-state index contributed by atoms with van der Waals surface area (Å²) in [5.74, 6) is -3.24. The van der Waals surface area contributed by atoms with Gasteiger partial charge in [-0.05, 0) is 37.1 Å². The average molecular weight is 488 g/mol. The molecule has 0 spiro atoms. The molecule has 0 saturated carbocycles. The summed E-state index contributed by atoms with van der Waals surface area (Å²) < 4.78 is 56.0. The monoisotopic (exact) mass is 488 g/mol. The standard InChI is InChI=1S/C23H22F4N2O4.Na/c24-16-8-6-14(7-9-16)20-21(15-4-2-1-3-5-15)29(22(28-20)23(25,26)27)11-10-17(30)12-18(31)13-19(32)33;/h1-9,17-18,30-31H,10-13H2,(H,32,33);/q;+1/p-1/t17-,18-;/m1./s1. The van der Waals surface area contributed by atoms with Crippen LogP contribution in [0.5, 0.6) is 0 Å². The first-order valence-electron chi connectivity index (χ1n) is 10.1. The minimum atomic E-state index is -4.82. The van der Waals surface area contributed by atoms with Crippen molar-refractivity contribution in [1.29, 1.82) is 0 Å². The van der Waals surface area contributed by atoms with Crippen molar-refractivity contribution in [3.05, 3.63) is 66.2 Å². The summed E-state index contributed by atoms with van der Waals surface area (Å²) in [7, 11) is 0. The molecule has 0 amide bonds. The number of nitrogens with zero attached hydrogens (tertiary/aromatic N) is 2. The van der Waals surface area contributed by atoms with Gasteiger partial charge in [-0.2, -0.15) is 13.2 Å². The van der Waals surface area contributed by atoms with Crippen LogP contribution in [0.15, 0.2) is 54.6 Å². The van der Waals surface area contributed by atoms with Gasteiger partial charge in [0.2, 0.25) is 5.82 Å². The topological polar surface area (TPSA) is 98.4 Å². The summed E-state index contributed by atoms with van der Waals surface area (Å²) in [6.07, 6.45) is -8.71. The van der Waals surface area contributed by atoms with Crippen molar-refractivity contribution in [3.8, 4) is 22.5 Å². The van der Waals surface area contributed by atoms with Gasteiger partial charge in [-0.25, -0.2) is 9.37 Å². The molecule has 176 valence electrons. The molecule has 0 bridgehead atoms. The molecule has 0 aliphatic heterocycles. The molecule has 0 radical (unpaired) electrons. The molecule has 0 fully saturated rings. The number of aliphatic hydroxyl groups is 2. The van der Waals surface area contributed by atoms with Gasteiger partial charge in [0.15, 0.2) is 0 Å². The second-order valence-electron chi connectivity index (χ2n) is 7.56. The van der Waals surface area contributed by atoms with E-state index in [0.717, 1.165) is 16.7 Å². The van der Waals surface area contributed by atoms with Gasteiger partial charge >= 0.3 is 35.7 Å². The second kappa shape index (κ2) is 11.9. The van der Waals surface area contributed by atoms with Gasteiger partial charge in [0.05, 0.1) is 23.6 Å². The average Bonchev–Trinajstić information content (AvgIpc) is 3.13. The molecule has 2 N–H and O–H groups in total. The van der Waals surface area contributed by atoms with E-state index in [4.69, 9.17) is 0 Å². The van der Waals surface area contributed by atoms with Crippen molar-refractivity contribution in [2.75, 3.05) is 0 Å². The number of alkyl halides is 3. The Balaban J connectivity index is 0.00000408. The van der Waals surface area contributed by atoms with E-state index in [9.17, 15) is 37.7 Å². The van der Waals surface area contributed by atoms with Gasteiger partial charge < -0.3 is 24.7 Å². The largest absolute Gasteiger partial charge is 1.00 e. The Kier molecular flexibility index (Phi) is 9.84. The number of carbonyl (C=O) groups excluding carboxylic acids is 1. The summed E-state index contributed by atoms with van der Waals surface area (Å²) in [6, 6.07) is 13.1. The molecule has 0 aliphatic rings. The van der Waals surface area contributed by atoms with Gasteiger partial charge in [0, 0.05) is 30.1 Å². The fraction of sp³-hybridized carbons (Fsp3) is 0.304. The maximum absolute atomic E-state index is 13.9. The van der Waals surface area contributed by atoms with Crippen molar-refractivity contribution in [2.45, 2.75) is 44.2 Å². The van der Waals surface area contributed by atoms with Crippen molar-refractivity contribution in [3.63, 3.8) is 0 Å². The molecular weight excluding hydrogens is 467 g/mol. The summed E-state index contributed by atoms with van der Waals surface area (Å²) in [6.45, 7) is -0.313. The third-order valence-electron chi connectivity index (χ3n) is 5.02. The Labute approximate surface area is 215 Å². The first kappa shape index (κ1) is 28.0. The number of benzene rings is 2. The first-order chi connectivity index (χ1) is 15.6. The summed E-state index contributed by atoms with van der Waals surface area (Å²) in [5.41, 5.74) is 0.854. The summed E-state index contributed by atoms with van der Waals surface area (Å²) in [4.78, 5) is 14.4. The van der Waals surface area contributed by atoms with Crippen LogP contribution in [0.4, 0.5) is 17.6 Å². The summed E-state index contributed by atoms with van der Waals surface area (Å²) >= 11 is 0. The van der Waals surface area contributed by atoms with E-state index in [1.165, 1.54) is 12.1 Å². The molecule has 0 aliphatic carbocycles. The fourth-order valence-electron chi connectivity index (χ4n) is 3.57. The van der Waals surface area contributed by atoms with Crippen LogP contribution in [0, 0.1) is 5.82 Å². The number of carbonyl (C=O) groups is 1. The van der Waals surface area contributed by atoms with E-state index in [2.05, 4.69) is 4.98 Å². The van der Waals surface area contributed by atoms with Crippen LogP contribution in [0.1, 0.15) is 25.1 Å². The normalized spacial score (nSPS) is 13.2. The molecule has 34 heavy (non-hydrogen) atoms.